The molecule has 0 aromatic carbocycles. The van der Waals surface area contributed by atoms with Gasteiger partial charge >= 0.3 is 16.4 Å². The van der Waals surface area contributed by atoms with Crippen LogP contribution in [0.1, 0.15) is 13.3 Å². The molecule has 0 unspecified atom stereocenters. The zero-order chi connectivity index (χ0) is 10.2. The van der Waals surface area contributed by atoms with Gasteiger partial charge in [0.05, 0.1) is 0 Å². The van der Waals surface area contributed by atoms with E-state index in [2.05, 4.69) is 23.2 Å². The minimum Gasteiger partial charge on any atom is -0.201 e. The summed E-state index contributed by atoms with van der Waals surface area (Å²) in [7, 11) is 0. The van der Waals surface area contributed by atoms with Gasteiger partial charge in [-0.25, -0.2) is 4.39 Å². The smallest absolute Gasteiger partial charge is 0.201 e. The molecule has 0 aliphatic carbocycles. The van der Waals surface area contributed by atoms with Gasteiger partial charge in [0, 0.05) is 6.42 Å². The first-order chi connectivity index (χ1) is 5.06. The number of hydrogen-bond acceptors (Lipinski definition) is 0. The van der Waals surface area contributed by atoms with Crippen LogP contribution in [0.5, 0.6) is 0 Å². The molecule has 0 aliphatic heterocycles. The molecule has 0 atom stereocenters. The molecule has 0 rings (SSSR count). The summed E-state index contributed by atoms with van der Waals surface area (Å²) in [6.07, 6.45) is -1.24. The van der Waals surface area contributed by atoms with Crippen molar-refractivity contribution in [3.63, 3.8) is 0 Å². The van der Waals surface area contributed by atoms with Crippen LogP contribution in [0.4, 0.5) is 22.0 Å². The van der Waals surface area contributed by atoms with E-state index in [0.29, 0.717) is 0 Å². The van der Waals surface area contributed by atoms with E-state index in [9.17, 15) is 22.0 Å². The van der Waals surface area contributed by atoms with Gasteiger partial charge in [-0.15, -0.1) is 0 Å². The SMILES string of the molecule is CCC(F)(F)C(F)(F)C(F)(Cl)Cl. The van der Waals surface area contributed by atoms with Gasteiger partial charge in [0.25, 0.3) is 0 Å². The Labute approximate surface area is 75.6 Å². The monoisotopic (exact) mass is 230 g/mol. The van der Waals surface area contributed by atoms with E-state index >= 15 is 0 Å². The van der Waals surface area contributed by atoms with Crippen molar-refractivity contribution in [2.75, 3.05) is 0 Å². The van der Waals surface area contributed by atoms with E-state index in [0.717, 1.165) is 6.92 Å². The predicted molar refractivity (Wildman–Crippen MR) is 35.7 cm³/mol. The van der Waals surface area contributed by atoms with Gasteiger partial charge in [0.1, 0.15) is 0 Å². The van der Waals surface area contributed by atoms with Crippen LogP contribution in [0.2, 0.25) is 0 Å². The fourth-order valence-electron chi connectivity index (χ4n) is 0.429. The van der Waals surface area contributed by atoms with Crippen molar-refractivity contribution in [2.45, 2.75) is 29.8 Å². The summed E-state index contributed by atoms with van der Waals surface area (Å²) in [6, 6.07) is 0. The van der Waals surface area contributed by atoms with E-state index in [1.165, 1.54) is 0 Å². The van der Waals surface area contributed by atoms with Crippen LogP contribution in [0, 0.1) is 0 Å². The summed E-state index contributed by atoms with van der Waals surface area (Å²) < 4.78 is 57.1. The summed E-state index contributed by atoms with van der Waals surface area (Å²) in [5, 5.41) is 0. The normalized spacial score (nSPS) is 15.0. The third kappa shape index (κ3) is 1.93. The molecule has 0 spiro atoms. The first-order valence-electron chi connectivity index (χ1n) is 2.88. The van der Waals surface area contributed by atoms with E-state index in [1.807, 2.05) is 0 Å². The number of hydrogen-bond donors (Lipinski definition) is 0. The summed E-state index contributed by atoms with van der Waals surface area (Å²) in [6.45, 7) is 0.771. The zero-order valence-electron chi connectivity index (χ0n) is 5.85. The lowest BCUT2D eigenvalue weighted by Crippen LogP contribution is -2.50. The number of alkyl halides is 7. The molecule has 74 valence electrons. The highest BCUT2D eigenvalue weighted by Crippen LogP contribution is 2.50. The third-order valence-corrected chi connectivity index (χ3v) is 1.73. The molecule has 0 N–H and O–H groups in total. The molecule has 0 radical (unpaired) electrons. The second-order valence-electron chi connectivity index (χ2n) is 2.13. The summed E-state index contributed by atoms with van der Waals surface area (Å²) in [5.74, 6) is -9.64. The Morgan fingerprint density at radius 3 is 1.42 bits per heavy atom. The zero-order valence-corrected chi connectivity index (χ0v) is 7.36. The van der Waals surface area contributed by atoms with Crippen molar-refractivity contribution in [3.05, 3.63) is 0 Å². The van der Waals surface area contributed by atoms with E-state index in [1.54, 1.807) is 0 Å². The van der Waals surface area contributed by atoms with Crippen molar-refractivity contribution in [1.82, 2.24) is 0 Å². The first-order valence-corrected chi connectivity index (χ1v) is 3.64. The van der Waals surface area contributed by atoms with Gasteiger partial charge in [-0.2, -0.15) is 17.6 Å². The highest BCUT2D eigenvalue weighted by Gasteiger charge is 2.68. The molecule has 0 heterocycles. The maximum atomic E-state index is 12.3. The average molecular weight is 231 g/mol. The van der Waals surface area contributed by atoms with E-state index < -0.39 is 22.9 Å². The van der Waals surface area contributed by atoms with Gasteiger partial charge in [-0.05, 0) is 0 Å². The molecule has 0 nitrogen and oxygen atoms in total. The molecule has 0 aliphatic rings. The van der Waals surface area contributed by atoms with E-state index in [-0.39, 0.29) is 0 Å². The van der Waals surface area contributed by atoms with Crippen molar-refractivity contribution in [3.8, 4) is 0 Å². The molecular weight excluding hydrogens is 226 g/mol. The molecule has 0 amide bonds. The Kier molecular flexibility index (Phi) is 3.24. The molecular formula is C5H5Cl2F5. The van der Waals surface area contributed by atoms with Crippen molar-refractivity contribution < 1.29 is 22.0 Å². The Morgan fingerprint density at radius 1 is 1.00 bits per heavy atom. The Bertz CT molecular complexity index is 162. The molecule has 0 saturated carbocycles. The van der Waals surface area contributed by atoms with Crippen molar-refractivity contribution in [1.29, 1.82) is 0 Å². The van der Waals surface area contributed by atoms with E-state index in [4.69, 9.17) is 0 Å². The fourth-order valence-corrected chi connectivity index (χ4v) is 0.706. The molecule has 0 aromatic rings. The fraction of sp³-hybridized carbons (Fsp3) is 1.00. The van der Waals surface area contributed by atoms with Crippen LogP contribution in [0.25, 0.3) is 0 Å². The Balaban J connectivity index is 4.85. The molecule has 12 heavy (non-hydrogen) atoms. The minimum atomic E-state index is -5.09. The van der Waals surface area contributed by atoms with Gasteiger partial charge < -0.3 is 0 Å². The predicted octanol–water partition coefficient (Wildman–Crippen LogP) is 3.77. The molecule has 7 heteroatoms. The number of rotatable bonds is 3. The van der Waals surface area contributed by atoms with Crippen molar-refractivity contribution >= 4 is 23.2 Å². The van der Waals surface area contributed by atoms with Crippen LogP contribution < -0.4 is 0 Å². The molecule has 0 bridgehead atoms. The second kappa shape index (κ2) is 3.18. The third-order valence-electron chi connectivity index (χ3n) is 1.26. The van der Waals surface area contributed by atoms with Crippen LogP contribution in [0.15, 0.2) is 0 Å². The van der Waals surface area contributed by atoms with Crippen LogP contribution >= 0.6 is 23.2 Å². The maximum Gasteiger partial charge on any atom is 0.371 e. The van der Waals surface area contributed by atoms with Gasteiger partial charge in [0.2, 0.25) is 0 Å². The largest absolute Gasteiger partial charge is 0.371 e. The van der Waals surface area contributed by atoms with Gasteiger partial charge in [-0.1, -0.05) is 30.1 Å². The maximum absolute atomic E-state index is 12.3. The highest BCUT2D eigenvalue weighted by atomic mass is 35.5. The summed E-state index contributed by atoms with van der Waals surface area (Å²) in [5.41, 5.74) is 0. The highest BCUT2D eigenvalue weighted by molar-refractivity contribution is 6.47. The van der Waals surface area contributed by atoms with Crippen LogP contribution in [-0.2, 0) is 0 Å². The average Bonchev–Trinajstić information content (AvgIpc) is 1.85. The quantitative estimate of drug-likeness (QED) is 0.512. The van der Waals surface area contributed by atoms with Gasteiger partial charge in [0.15, 0.2) is 0 Å². The Morgan fingerprint density at radius 2 is 1.33 bits per heavy atom. The van der Waals surface area contributed by atoms with Crippen LogP contribution in [-0.4, -0.2) is 16.4 Å². The molecule has 0 saturated heterocycles. The first kappa shape index (κ1) is 12.2. The summed E-state index contributed by atoms with van der Waals surface area (Å²) >= 11 is 8.51. The van der Waals surface area contributed by atoms with Crippen molar-refractivity contribution in [2.24, 2.45) is 0 Å². The molecule has 0 fully saturated rings. The standard InChI is InChI=1S/C5H5Cl2F5/c1-2-3(8,9)4(10,11)5(6,7)12/h2H2,1H3. The summed E-state index contributed by atoms with van der Waals surface area (Å²) in [4.78, 5) is 0. The lowest BCUT2D eigenvalue weighted by atomic mass is 10.1. The topological polar surface area (TPSA) is 0 Å². The Hall–Kier alpha value is 0.230. The lowest BCUT2D eigenvalue weighted by Gasteiger charge is -2.29. The van der Waals surface area contributed by atoms with Gasteiger partial charge in [-0.3, -0.25) is 0 Å². The molecule has 0 aromatic heterocycles. The minimum absolute atomic E-state index is 0.771. The van der Waals surface area contributed by atoms with Crippen LogP contribution in [0.3, 0.4) is 0 Å². The number of halogens is 7. The lowest BCUT2D eigenvalue weighted by molar-refractivity contribution is -0.234. The second-order valence-corrected chi connectivity index (χ2v) is 3.37.